The molecule has 0 fully saturated rings. The molecule has 0 spiro atoms. The van der Waals surface area contributed by atoms with Gasteiger partial charge in [0, 0.05) is 48.8 Å². The Hall–Kier alpha value is -5.12. The van der Waals surface area contributed by atoms with E-state index in [9.17, 15) is 14.4 Å². The van der Waals surface area contributed by atoms with Gasteiger partial charge in [0.25, 0.3) is 5.91 Å². The Bertz CT molecular complexity index is 1920. The van der Waals surface area contributed by atoms with Gasteiger partial charge in [-0.15, -0.1) is 0 Å². The van der Waals surface area contributed by atoms with Crippen LogP contribution in [0.4, 0.5) is 11.5 Å². The molecule has 2 heterocycles. The van der Waals surface area contributed by atoms with Crippen molar-refractivity contribution >= 4 is 64.3 Å². The van der Waals surface area contributed by atoms with Crippen LogP contribution in [0, 0.1) is 0 Å². The van der Waals surface area contributed by atoms with E-state index in [2.05, 4.69) is 63.9 Å². The second-order valence-corrected chi connectivity index (χ2v) is 15.9. The fourth-order valence-electron chi connectivity index (χ4n) is 5.97. The zero-order valence-electron chi connectivity index (χ0n) is 32.2. The van der Waals surface area contributed by atoms with Crippen molar-refractivity contribution in [2.75, 3.05) is 32.3 Å². The fraction of sp³-hybridized carbons (Fsp3) is 0.350. The highest BCUT2D eigenvalue weighted by Crippen LogP contribution is 2.42. The number of hydrogen-bond donors (Lipinski definition) is 4. The summed E-state index contributed by atoms with van der Waals surface area (Å²) in [5, 5.41) is 8.54. The second-order valence-electron chi connectivity index (χ2n) is 12.8. The summed E-state index contributed by atoms with van der Waals surface area (Å²) in [5.41, 5.74) is 10.4. The summed E-state index contributed by atoms with van der Waals surface area (Å²) >= 11 is 0. The first-order valence-corrected chi connectivity index (χ1v) is 20.1. The summed E-state index contributed by atoms with van der Waals surface area (Å²) in [6.07, 6.45) is 8.25. The Morgan fingerprint density at radius 1 is 1.05 bits per heavy atom. The predicted molar refractivity (Wildman–Crippen MR) is 224 cm³/mol. The number of carbonyl (C=O) groups excluding carboxylic acids is 4. The van der Waals surface area contributed by atoms with E-state index in [1.54, 1.807) is 41.9 Å². The molecule has 0 bridgehead atoms. The molecule has 55 heavy (non-hydrogen) atoms. The molecule has 0 saturated heterocycles. The molecule has 1 aromatic heterocycles. The molecule has 5 N–H and O–H groups in total. The third-order valence-corrected chi connectivity index (χ3v) is 10.9. The van der Waals surface area contributed by atoms with Gasteiger partial charge >= 0.3 is 0 Å². The summed E-state index contributed by atoms with van der Waals surface area (Å²) in [7, 11) is 8.41. The zero-order chi connectivity index (χ0) is 40.4. The van der Waals surface area contributed by atoms with Crippen molar-refractivity contribution in [1.82, 2.24) is 20.2 Å². The van der Waals surface area contributed by atoms with Crippen LogP contribution in [0.3, 0.4) is 0 Å². The fourth-order valence-corrected chi connectivity index (χ4v) is 8.18. The number of aromatic nitrogens is 2. The van der Waals surface area contributed by atoms with Gasteiger partial charge < -0.3 is 40.5 Å². The molecule has 0 aliphatic carbocycles. The van der Waals surface area contributed by atoms with Crippen LogP contribution >= 0.6 is 21.6 Å². The van der Waals surface area contributed by atoms with Crippen molar-refractivity contribution in [3.8, 4) is 22.6 Å². The lowest BCUT2D eigenvalue weighted by molar-refractivity contribution is -0.116. The highest BCUT2D eigenvalue weighted by molar-refractivity contribution is 8.76. The van der Waals surface area contributed by atoms with E-state index < -0.39 is 0 Å². The number of aryl methyl sites for hydroxylation is 1. The number of aliphatic imine (C=N–C) groups is 1. The largest absolute Gasteiger partial charge is 0.493 e. The van der Waals surface area contributed by atoms with E-state index in [0.29, 0.717) is 48.8 Å². The van der Waals surface area contributed by atoms with Crippen LogP contribution in [-0.4, -0.2) is 78.6 Å². The number of benzene rings is 3. The number of ether oxygens (including phenoxy) is 2. The van der Waals surface area contributed by atoms with Crippen LogP contribution in [0.15, 0.2) is 71.9 Å². The maximum atomic E-state index is 13.0. The Morgan fingerprint density at radius 2 is 1.80 bits per heavy atom. The van der Waals surface area contributed by atoms with Gasteiger partial charge in [0.2, 0.25) is 18.1 Å². The Balaban J connectivity index is 0.00000196. The third kappa shape index (κ3) is 13.0. The lowest BCUT2D eigenvalue weighted by Gasteiger charge is -2.22. The first kappa shape index (κ1) is 44.3. The number of carbonyl (C=O) groups is 4. The molecule has 0 saturated carbocycles. The number of methoxy groups -OCH3 is 1. The van der Waals surface area contributed by atoms with Crippen molar-refractivity contribution < 1.29 is 28.7 Å². The van der Waals surface area contributed by atoms with Gasteiger partial charge in [-0.1, -0.05) is 70.1 Å². The Labute approximate surface area is 331 Å². The summed E-state index contributed by atoms with van der Waals surface area (Å²) in [5.74, 6) is 0.969. The number of nitrogens with one attached hydrogen (secondary N) is 3. The molecule has 15 heteroatoms. The van der Waals surface area contributed by atoms with Crippen molar-refractivity contribution in [3.63, 3.8) is 0 Å². The minimum Gasteiger partial charge on any atom is -0.493 e. The van der Waals surface area contributed by atoms with Gasteiger partial charge in [-0.2, -0.15) is 0 Å². The highest BCUT2D eigenvalue weighted by atomic mass is 33.1. The van der Waals surface area contributed by atoms with E-state index in [1.807, 2.05) is 66.1 Å². The molecule has 3 amide bonds. The molecule has 1 aliphatic heterocycles. The van der Waals surface area contributed by atoms with Crippen molar-refractivity contribution in [2.24, 2.45) is 17.8 Å². The van der Waals surface area contributed by atoms with Crippen LogP contribution in [0.25, 0.3) is 11.1 Å². The quantitative estimate of drug-likeness (QED) is 0.0605. The molecule has 1 aliphatic rings. The number of anilines is 1. The van der Waals surface area contributed by atoms with Crippen LogP contribution < -0.4 is 31.2 Å². The van der Waals surface area contributed by atoms with Crippen LogP contribution in [-0.2, 0) is 40.8 Å². The van der Waals surface area contributed by atoms with Gasteiger partial charge in [0.05, 0.1) is 25.4 Å². The molecular weight excluding hydrogens is 739 g/mol. The average molecular weight is 790 g/mol. The monoisotopic (exact) mass is 789 g/mol. The Kier molecular flexibility index (Phi) is 18.0. The minimum atomic E-state index is -0.330. The van der Waals surface area contributed by atoms with Crippen LogP contribution in [0.5, 0.6) is 11.5 Å². The second kappa shape index (κ2) is 22.3. The van der Waals surface area contributed by atoms with Gasteiger partial charge in [0.15, 0.2) is 17.3 Å². The summed E-state index contributed by atoms with van der Waals surface area (Å²) in [6.45, 7) is 7.07. The molecule has 13 nitrogen and oxygen atoms in total. The number of imidazole rings is 1. The number of nitrogens with two attached hydrogens (primary N) is 1. The summed E-state index contributed by atoms with van der Waals surface area (Å²) < 4.78 is 13.4. The maximum Gasteiger partial charge on any atom is 0.287 e. The van der Waals surface area contributed by atoms with Gasteiger partial charge in [-0.05, 0) is 74.7 Å². The first-order valence-electron chi connectivity index (χ1n) is 17.5. The van der Waals surface area contributed by atoms with Crippen LogP contribution in [0.2, 0.25) is 0 Å². The van der Waals surface area contributed by atoms with Gasteiger partial charge in [0.1, 0.15) is 6.79 Å². The molecule has 4 aromatic rings. The SMILES string of the molecule is C=O.CN.COc1cc2c(cc1OCCCC(=O)Nc1cn(C)c(C(=O)NCc3cccc(CC(C)(C)SSC)c3)n1)N=CC(NC=O)Cc1ccccc1-2. The smallest absolute Gasteiger partial charge is 0.287 e. The Morgan fingerprint density at radius 3 is 2.53 bits per heavy atom. The van der Waals surface area contributed by atoms with Crippen molar-refractivity contribution in [2.45, 2.75) is 56.9 Å². The minimum absolute atomic E-state index is 0.0993. The van der Waals surface area contributed by atoms with Gasteiger partial charge in [-0.3, -0.25) is 19.4 Å². The topological polar surface area (TPSA) is 179 Å². The first-order chi connectivity index (χ1) is 26.6. The number of fused-ring (bicyclic) bond motifs is 3. The average Bonchev–Trinajstić information content (AvgIpc) is 3.54. The van der Waals surface area contributed by atoms with E-state index in [1.165, 1.54) is 12.6 Å². The predicted octanol–water partition coefficient (Wildman–Crippen LogP) is 5.92. The van der Waals surface area contributed by atoms with Gasteiger partial charge in [-0.25, -0.2) is 4.98 Å². The maximum absolute atomic E-state index is 13.0. The molecule has 294 valence electrons. The van der Waals surface area contributed by atoms with E-state index in [0.717, 1.165) is 28.7 Å². The van der Waals surface area contributed by atoms with E-state index >= 15 is 0 Å². The van der Waals surface area contributed by atoms with Crippen LogP contribution in [0.1, 0.15) is 54.0 Å². The van der Waals surface area contributed by atoms with E-state index in [4.69, 9.17) is 14.3 Å². The normalized spacial score (nSPS) is 12.8. The lowest BCUT2D eigenvalue weighted by Crippen LogP contribution is -2.31. The zero-order valence-corrected chi connectivity index (χ0v) is 33.9. The molecule has 1 atom stereocenters. The number of rotatable bonds is 16. The molecule has 5 rings (SSSR count). The van der Waals surface area contributed by atoms with E-state index in [-0.39, 0.29) is 41.5 Å². The summed E-state index contributed by atoms with van der Waals surface area (Å²) in [6, 6.07) is 19.7. The lowest BCUT2D eigenvalue weighted by atomic mass is 9.93. The standard InChI is InChI=1S/C38H44N6O5S2.CH5N.CH2O/c1-38(2,51-50-5)20-25-10-8-11-26(16-25)21-40-37(47)36-43-34(23-44(36)3)42-35(46)14-9-15-49-33-19-31-30(18-32(33)48-4)29-13-7-6-12-27(29)17-28(22-39-31)41-24-45;2*1-2/h6-8,10-13,16,18-19,22-24,28H,9,14-15,17,20-21H2,1-5H3,(H,40,47)(H,41,45)(H,42,46);2H2,1H3;1H2. The molecule has 0 radical (unpaired) electrons. The van der Waals surface area contributed by atoms with Crippen molar-refractivity contribution in [3.05, 3.63) is 89.4 Å². The summed E-state index contributed by atoms with van der Waals surface area (Å²) in [4.78, 5) is 54.0. The highest BCUT2D eigenvalue weighted by Gasteiger charge is 2.21. The number of nitrogens with zero attached hydrogens (tertiary/aromatic N) is 3. The third-order valence-electron chi connectivity index (χ3n) is 8.24. The number of amides is 3. The number of hydrogen-bond acceptors (Lipinski definition) is 11. The van der Waals surface area contributed by atoms with Crippen molar-refractivity contribution in [1.29, 1.82) is 0 Å². The molecule has 1 unspecified atom stereocenters. The molecular formula is C40H51N7O6S2. The molecule has 3 aromatic carbocycles.